The van der Waals surface area contributed by atoms with Crippen molar-refractivity contribution in [3.05, 3.63) is 45.5 Å². The van der Waals surface area contributed by atoms with E-state index in [0.717, 1.165) is 36.7 Å². The number of imidazole rings is 1. The molecular formula is C13H7Br2N3. The summed E-state index contributed by atoms with van der Waals surface area (Å²) >= 11 is 7.09. The maximum absolute atomic E-state index is 4.71. The number of nitrogens with one attached hydrogen (secondary N) is 1. The number of pyridine rings is 1. The number of aromatic nitrogens is 3. The molecular weight excluding hydrogens is 358 g/mol. The van der Waals surface area contributed by atoms with Crippen LogP contribution in [0.4, 0.5) is 0 Å². The average molecular weight is 365 g/mol. The van der Waals surface area contributed by atoms with Gasteiger partial charge in [-0.3, -0.25) is 4.40 Å². The third kappa shape index (κ3) is 1.26. The summed E-state index contributed by atoms with van der Waals surface area (Å²) in [5.41, 5.74) is 4.04. The van der Waals surface area contributed by atoms with Crippen LogP contribution in [-0.2, 0) is 0 Å². The molecule has 4 aromatic rings. The highest BCUT2D eigenvalue weighted by molar-refractivity contribution is 9.11. The smallest absolute Gasteiger partial charge is 0.153 e. The van der Waals surface area contributed by atoms with Gasteiger partial charge in [0, 0.05) is 16.1 Å². The molecule has 0 radical (unpaired) electrons. The van der Waals surface area contributed by atoms with Gasteiger partial charge in [0.15, 0.2) is 5.65 Å². The zero-order valence-electron chi connectivity index (χ0n) is 9.11. The first-order valence-corrected chi connectivity index (χ1v) is 7.07. The number of benzene rings is 1. The lowest BCUT2D eigenvalue weighted by Crippen LogP contribution is -1.85. The third-order valence-corrected chi connectivity index (χ3v) is 4.39. The highest BCUT2D eigenvalue weighted by Gasteiger charge is 2.13. The number of nitrogens with zero attached hydrogens (tertiary/aromatic N) is 2. The molecule has 3 heterocycles. The molecule has 4 rings (SSSR count). The minimum Gasteiger partial charge on any atom is -0.338 e. The van der Waals surface area contributed by atoms with Crippen molar-refractivity contribution in [2.75, 3.05) is 0 Å². The highest BCUT2D eigenvalue weighted by Crippen LogP contribution is 2.31. The van der Waals surface area contributed by atoms with Crippen LogP contribution in [0.5, 0.6) is 0 Å². The fraction of sp³-hybridized carbons (Fsp3) is 0. The molecule has 1 N–H and O–H groups in total. The topological polar surface area (TPSA) is 33.1 Å². The van der Waals surface area contributed by atoms with Gasteiger partial charge in [0.25, 0.3) is 0 Å². The van der Waals surface area contributed by atoms with E-state index in [0.29, 0.717) is 0 Å². The molecule has 0 amide bonds. The molecule has 0 saturated carbocycles. The normalized spacial score (nSPS) is 11.9. The Morgan fingerprint density at radius 3 is 2.78 bits per heavy atom. The number of rotatable bonds is 0. The molecule has 3 nitrogen and oxygen atoms in total. The maximum atomic E-state index is 4.71. The van der Waals surface area contributed by atoms with E-state index >= 15 is 0 Å². The van der Waals surface area contributed by atoms with Crippen molar-refractivity contribution in [2.24, 2.45) is 0 Å². The van der Waals surface area contributed by atoms with Gasteiger partial charge in [-0.25, -0.2) is 4.98 Å². The van der Waals surface area contributed by atoms with E-state index in [1.165, 1.54) is 0 Å². The van der Waals surface area contributed by atoms with Crippen LogP contribution < -0.4 is 0 Å². The van der Waals surface area contributed by atoms with Gasteiger partial charge in [0.1, 0.15) is 11.2 Å². The van der Waals surface area contributed by atoms with Crippen LogP contribution >= 0.6 is 31.9 Å². The van der Waals surface area contributed by atoms with E-state index < -0.39 is 0 Å². The predicted molar refractivity (Wildman–Crippen MR) is 80.0 cm³/mol. The number of halogens is 2. The Kier molecular flexibility index (Phi) is 2.11. The van der Waals surface area contributed by atoms with Crippen molar-refractivity contribution >= 4 is 59.6 Å². The lowest BCUT2D eigenvalue weighted by molar-refractivity contribution is 1.19. The van der Waals surface area contributed by atoms with E-state index in [1.54, 1.807) is 0 Å². The van der Waals surface area contributed by atoms with Gasteiger partial charge in [0.2, 0.25) is 0 Å². The molecule has 0 aliphatic heterocycles. The molecule has 0 atom stereocenters. The van der Waals surface area contributed by atoms with E-state index in [9.17, 15) is 0 Å². The Morgan fingerprint density at radius 2 is 1.89 bits per heavy atom. The molecule has 0 bridgehead atoms. The maximum Gasteiger partial charge on any atom is 0.153 e. The van der Waals surface area contributed by atoms with E-state index in [4.69, 9.17) is 4.98 Å². The summed E-state index contributed by atoms with van der Waals surface area (Å²) in [6, 6.07) is 10.1. The van der Waals surface area contributed by atoms with Gasteiger partial charge in [-0.2, -0.15) is 0 Å². The number of H-pyrrole nitrogens is 1. The van der Waals surface area contributed by atoms with E-state index in [2.05, 4.69) is 47.3 Å². The molecule has 0 saturated heterocycles. The van der Waals surface area contributed by atoms with Gasteiger partial charge in [-0.15, -0.1) is 0 Å². The summed E-state index contributed by atoms with van der Waals surface area (Å²) in [6.45, 7) is 0. The largest absolute Gasteiger partial charge is 0.338 e. The standard InChI is InChI=1S/C13H7Br2N3/c14-8-4-1-3-7-10(8)16-13-11(7)17-12-9(15)5-2-6-18(12)13/h1-6,16H. The molecule has 88 valence electrons. The third-order valence-electron chi connectivity index (χ3n) is 3.11. The van der Waals surface area contributed by atoms with Crippen LogP contribution in [0.15, 0.2) is 45.5 Å². The first-order valence-electron chi connectivity index (χ1n) is 5.48. The molecule has 0 aliphatic carbocycles. The van der Waals surface area contributed by atoms with Crippen LogP contribution in [0.2, 0.25) is 0 Å². The lowest BCUT2D eigenvalue weighted by atomic mass is 10.2. The van der Waals surface area contributed by atoms with Gasteiger partial charge in [0.05, 0.1) is 9.99 Å². The zero-order chi connectivity index (χ0) is 12.3. The quantitative estimate of drug-likeness (QED) is 0.489. The van der Waals surface area contributed by atoms with Gasteiger partial charge in [-0.1, -0.05) is 12.1 Å². The summed E-state index contributed by atoms with van der Waals surface area (Å²) in [5, 5.41) is 1.13. The Balaban J connectivity index is 2.32. The predicted octanol–water partition coefficient (Wildman–Crippen LogP) is 4.49. The average Bonchev–Trinajstić information content (AvgIpc) is 2.88. The van der Waals surface area contributed by atoms with Crippen LogP contribution in [0.25, 0.3) is 27.7 Å². The van der Waals surface area contributed by atoms with Crippen molar-refractivity contribution in [2.45, 2.75) is 0 Å². The number of fused-ring (bicyclic) bond motifs is 5. The van der Waals surface area contributed by atoms with Crippen LogP contribution in [0.3, 0.4) is 0 Å². The molecule has 0 aliphatic rings. The van der Waals surface area contributed by atoms with Gasteiger partial charge >= 0.3 is 0 Å². The van der Waals surface area contributed by atoms with Crippen molar-refractivity contribution in [3.63, 3.8) is 0 Å². The lowest BCUT2D eigenvalue weighted by Gasteiger charge is -1.96. The molecule has 3 aromatic heterocycles. The molecule has 0 unspecified atom stereocenters. The first kappa shape index (κ1) is 10.6. The van der Waals surface area contributed by atoms with Crippen LogP contribution in [0, 0.1) is 0 Å². The molecule has 0 spiro atoms. The second-order valence-corrected chi connectivity index (χ2v) is 5.85. The van der Waals surface area contributed by atoms with Crippen molar-refractivity contribution in [1.82, 2.24) is 14.4 Å². The van der Waals surface area contributed by atoms with Crippen molar-refractivity contribution in [3.8, 4) is 0 Å². The second-order valence-electron chi connectivity index (χ2n) is 4.15. The van der Waals surface area contributed by atoms with Crippen LogP contribution in [-0.4, -0.2) is 14.4 Å². The van der Waals surface area contributed by atoms with Gasteiger partial charge in [-0.05, 0) is 50.1 Å². The Hall–Kier alpha value is -1.33. The summed E-state index contributed by atoms with van der Waals surface area (Å²) in [5.74, 6) is 0. The first-order chi connectivity index (χ1) is 8.75. The summed E-state index contributed by atoms with van der Waals surface area (Å²) < 4.78 is 4.12. The zero-order valence-corrected chi connectivity index (χ0v) is 12.3. The molecule has 0 fully saturated rings. The van der Waals surface area contributed by atoms with E-state index in [1.807, 2.05) is 30.5 Å². The van der Waals surface area contributed by atoms with Crippen molar-refractivity contribution in [1.29, 1.82) is 0 Å². The summed E-state index contributed by atoms with van der Waals surface area (Å²) in [4.78, 5) is 8.14. The minimum atomic E-state index is 0.931. The Labute approximate surface area is 119 Å². The number of hydrogen-bond donors (Lipinski definition) is 1. The fourth-order valence-corrected chi connectivity index (χ4v) is 3.21. The number of para-hydroxylation sites is 1. The Morgan fingerprint density at radius 1 is 1.06 bits per heavy atom. The van der Waals surface area contributed by atoms with E-state index in [-0.39, 0.29) is 0 Å². The number of aromatic amines is 1. The number of hydrogen-bond acceptors (Lipinski definition) is 1. The summed E-state index contributed by atoms with van der Waals surface area (Å²) in [6.07, 6.45) is 2.01. The Bertz CT molecular complexity index is 829. The molecule has 18 heavy (non-hydrogen) atoms. The highest BCUT2D eigenvalue weighted by atomic mass is 79.9. The molecule has 5 heteroatoms. The second kappa shape index (κ2) is 3.59. The fourth-order valence-electron chi connectivity index (χ4n) is 2.31. The van der Waals surface area contributed by atoms with Crippen LogP contribution in [0.1, 0.15) is 0 Å². The summed E-state index contributed by atoms with van der Waals surface area (Å²) in [7, 11) is 0. The minimum absolute atomic E-state index is 0.931. The molecule has 1 aromatic carbocycles. The SMILES string of the molecule is Brc1cccc2c1[nH]c1c2nc2c(Br)cccn21. The van der Waals surface area contributed by atoms with Crippen molar-refractivity contribution < 1.29 is 0 Å². The van der Waals surface area contributed by atoms with Gasteiger partial charge < -0.3 is 4.98 Å². The monoisotopic (exact) mass is 363 g/mol.